The van der Waals surface area contributed by atoms with Crippen molar-refractivity contribution in [3.8, 4) is 0 Å². The van der Waals surface area contributed by atoms with Gasteiger partial charge in [-0.15, -0.1) is 0 Å². The molecule has 0 spiro atoms. The second-order valence-corrected chi connectivity index (χ2v) is 8.70. The predicted octanol–water partition coefficient (Wildman–Crippen LogP) is 3.53. The molecule has 0 aliphatic heterocycles. The summed E-state index contributed by atoms with van der Waals surface area (Å²) in [5.74, 6) is 0.912. The van der Waals surface area contributed by atoms with E-state index < -0.39 is 10.0 Å². The summed E-state index contributed by atoms with van der Waals surface area (Å²) in [5.41, 5.74) is 3.05. The largest absolute Gasteiger partial charge is 0.240 e. The molecule has 0 saturated carbocycles. The van der Waals surface area contributed by atoms with Gasteiger partial charge in [0, 0.05) is 18.1 Å². The third-order valence-corrected chi connectivity index (χ3v) is 6.60. The Hall–Kier alpha value is -1.37. The third-order valence-electron chi connectivity index (χ3n) is 4.13. The number of fused-ring (bicyclic) bond motifs is 1. The zero-order valence-electron chi connectivity index (χ0n) is 13.3. The molecule has 0 radical (unpaired) electrons. The summed E-state index contributed by atoms with van der Waals surface area (Å²) in [6, 6.07) is 12.0. The lowest BCUT2D eigenvalue weighted by molar-refractivity contribution is 0.584. The Labute approximate surface area is 146 Å². The summed E-state index contributed by atoms with van der Waals surface area (Å²) >= 11 is 1.51. The molecule has 2 aromatic rings. The molecule has 0 fully saturated rings. The van der Waals surface area contributed by atoms with Crippen LogP contribution in [-0.4, -0.2) is 20.7 Å². The maximum absolute atomic E-state index is 13.5. The quantitative estimate of drug-likeness (QED) is 0.764. The van der Waals surface area contributed by atoms with E-state index in [1.165, 1.54) is 23.4 Å². The minimum Gasteiger partial charge on any atom is -0.210 e. The predicted molar refractivity (Wildman–Crippen MR) is 96.2 cm³/mol. The number of aryl methyl sites for hydroxylation is 2. The van der Waals surface area contributed by atoms with Gasteiger partial charge in [0.2, 0.25) is 10.0 Å². The number of benzene rings is 2. The van der Waals surface area contributed by atoms with Gasteiger partial charge in [-0.25, -0.2) is 17.5 Å². The van der Waals surface area contributed by atoms with Crippen LogP contribution in [0.3, 0.4) is 0 Å². The SMILES string of the molecule is O=S(=O)(NCCSCc1ccccc1F)c1ccc2c(c1)CCC2. The molecule has 1 N–H and O–H groups in total. The summed E-state index contributed by atoms with van der Waals surface area (Å²) in [5, 5.41) is 0. The van der Waals surface area contributed by atoms with E-state index in [1.807, 2.05) is 6.07 Å². The molecular weight excluding hydrogens is 345 g/mol. The molecule has 3 rings (SSSR count). The van der Waals surface area contributed by atoms with Gasteiger partial charge in [-0.2, -0.15) is 11.8 Å². The van der Waals surface area contributed by atoms with Gasteiger partial charge in [0.1, 0.15) is 5.82 Å². The highest BCUT2D eigenvalue weighted by molar-refractivity contribution is 7.98. The minimum atomic E-state index is -3.47. The molecule has 0 atom stereocenters. The second kappa shape index (κ2) is 7.68. The van der Waals surface area contributed by atoms with Crippen LogP contribution in [0.15, 0.2) is 47.4 Å². The lowest BCUT2D eigenvalue weighted by Crippen LogP contribution is -2.26. The highest BCUT2D eigenvalue weighted by Crippen LogP contribution is 2.24. The normalized spacial score (nSPS) is 13.9. The van der Waals surface area contributed by atoms with Crippen LogP contribution >= 0.6 is 11.8 Å². The molecule has 0 heterocycles. The number of hydrogen-bond acceptors (Lipinski definition) is 3. The van der Waals surface area contributed by atoms with Crippen molar-refractivity contribution in [1.29, 1.82) is 0 Å². The average molecular weight is 365 g/mol. The first-order valence-electron chi connectivity index (χ1n) is 7.99. The third kappa shape index (κ3) is 4.18. The Balaban J connectivity index is 1.50. The Bertz CT molecular complexity index is 822. The smallest absolute Gasteiger partial charge is 0.210 e. The summed E-state index contributed by atoms with van der Waals surface area (Å²) < 4.78 is 40.8. The number of thioether (sulfide) groups is 1. The van der Waals surface area contributed by atoms with E-state index in [0.29, 0.717) is 28.5 Å². The second-order valence-electron chi connectivity index (χ2n) is 5.83. The summed E-state index contributed by atoms with van der Waals surface area (Å²) in [4.78, 5) is 0.335. The highest BCUT2D eigenvalue weighted by Gasteiger charge is 2.17. The molecule has 6 heteroatoms. The summed E-state index contributed by atoms with van der Waals surface area (Å²) in [7, 11) is -3.47. The van der Waals surface area contributed by atoms with Crippen LogP contribution in [0.4, 0.5) is 4.39 Å². The van der Waals surface area contributed by atoms with Gasteiger partial charge in [-0.1, -0.05) is 24.3 Å². The first-order chi connectivity index (χ1) is 11.6. The highest BCUT2D eigenvalue weighted by atomic mass is 32.2. The maximum atomic E-state index is 13.5. The lowest BCUT2D eigenvalue weighted by atomic mass is 10.1. The van der Waals surface area contributed by atoms with Gasteiger partial charge in [-0.3, -0.25) is 0 Å². The van der Waals surface area contributed by atoms with Crippen molar-refractivity contribution in [2.45, 2.75) is 29.9 Å². The Morgan fingerprint density at radius 2 is 1.88 bits per heavy atom. The molecular formula is C18H20FNO2S2. The monoisotopic (exact) mass is 365 g/mol. The van der Waals surface area contributed by atoms with Gasteiger partial charge >= 0.3 is 0 Å². The number of halogens is 1. The topological polar surface area (TPSA) is 46.2 Å². The molecule has 0 aromatic heterocycles. The van der Waals surface area contributed by atoms with E-state index in [9.17, 15) is 12.8 Å². The molecule has 2 aromatic carbocycles. The van der Waals surface area contributed by atoms with E-state index in [2.05, 4.69) is 4.72 Å². The van der Waals surface area contributed by atoms with Crippen LogP contribution in [0.1, 0.15) is 23.1 Å². The van der Waals surface area contributed by atoms with Crippen molar-refractivity contribution < 1.29 is 12.8 Å². The van der Waals surface area contributed by atoms with Crippen molar-refractivity contribution in [2.24, 2.45) is 0 Å². The zero-order chi connectivity index (χ0) is 17.0. The van der Waals surface area contributed by atoms with Crippen molar-refractivity contribution in [1.82, 2.24) is 4.72 Å². The molecule has 0 saturated heterocycles. The van der Waals surface area contributed by atoms with Gasteiger partial charge in [-0.05, 0) is 54.2 Å². The standard InChI is InChI=1S/C18H20FNO2S2/c19-18-7-2-1-4-16(18)13-23-11-10-20-24(21,22)17-9-8-14-5-3-6-15(14)12-17/h1-2,4,7-9,12,20H,3,5-6,10-11,13H2. The molecule has 0 unspecified atom stereocenters. The van der Waals surface area contributed by atoms with Gasteiger partial charge in [0.15, 0.2) is 0 Å². The molecule has 24 heavy (non-hydrogen) atoms. The van der Waals surface area contributed by atoms with Gasteiger partial charge in [0.25, 0.3) is 0 Å². The fourth-order valence-corrected chi connectivity index (χ4v) is 4.90. The summed E-state index contributed by atoms with van der Waals surface area (Å²) in [6.07, 6.45) is 3.09. The number of hydrogen-bond donors (Lipinski definition) is 1. The molecule has 0 amide bonds. The first kappa shape index (κ1) is 17.5. The fraction of sp³-hybridized carbons (Fsp3) is 0.333. The Morgan fingerprint density at radius 3 is 2.71 bits per heavy atom. The van der Waals surface area contributed by atoms with Crippen molar-refractivity contribution in [2.75, 3.05) is 12.3 Å². The molecule has 1 aliphatic carbocycles. The van der Waals surface area contributed by atoms with Crippen molar-refractivity contribution in [3.63, 3.8) is 0 Å². The number of nitrogens with one attached hydrogen (secondary N) is 1. The number of sulfonamides is 1. The van der Waals surface area contributed by atoms with E-state index in [-0.39, 0.29) is 5.82 Å². The van der Waals surface area contributed by atoms with Crippen LogP contribution in [0.2, 0.25) is 0 Å². The minimum absolute atomic E-state index is 0.219. The molecule has 3 nitrogen and oxygen atoms in total. The molecule has 128 valence electrons. The lowest BCUT2D eigenvalue weighted by Gasteiger charge is -2.09. The van der Waals surface area contributed by atoms with Gasteiger partial charge in [0.05, 0.1) is 4.90 Å². The maximum Gasteiger partial charge on any atom is 0.240 e. The average Bonchev–Trinajstić information content (AvgIpc) is 3.03. The van der Waals surface area contributed by atoms with Crippen molar-refractivity contribution >= 4 is 21.8 Å². The first-order valence-corrected chi connectivity index (χ1v) is 10.6. The molecule has 1 aliphatic rings. The van der Waals surface area contributed by atoms with Crippen LogP contribution < -0.4 is 4.72 Å². The Kier molecular flexibility index (Phi) is 5.58. The van der Waals surface area contributed by atoms with Crippen LogP contribution in [-0.2, 0) is 28.6 Å². The van der Waals surface area contributed by atoms with E-state index in [1.54, 1.807) is 30.3 Å². The fourth-order valence-electron chi connectivity index (χ4n) is 2.84. The Morgan fingerprint density at radius 1 is 1.08 bits per heavy atom. The van der Waals surface area contributed by atoms with Crippen LogP contribution in [0.5, 0.6) is 0 Å². The van der Waals surface area contributed by atoms with E-state index >= 15 is 0 Å². The zero-order valence-corrected chi connectivity index (χ0v) is 14.9. The van der Waals surface area contributed by atoms with Crippen LogP contribution in [0, 0.1) is 5.82 Å². The summed E-state index contributed by atoms with van der Waals surface area (Å²) in [6.45, 7) is 0.332. The van der Waals surface area contributed by atoms with Crippen molar-refractivity contribution in [3.05, 3.63) is 65.0 Å². The number of rotatable bonds is 7. The van der Waals surface area contributed by atoms with E-state index in [0.717, 1.165) is 24.8 Å². The van der Waals surface area contributed by atoms with Crippen LogP contribution in [0.25, 0.3) is 0 Å². The molecule has 0 bridgehead atoms. The van der Waals surface area contributed by atoms with E-state index in [4.69, 9.17) is 0 Å². The van der Waals surface area contributed by atoms with Gasteiger partial charge < -0.3 is 0 Å².